The molecule has 0 aliphatic carbocycles. The SMILES string of the molecule is OB(O)c1cscc1B(O)O. The summed E-state index contributed by atoms with van der Waals surface area (Å²) in [5, 5.41) is 37.6. The Hall–Kier alpha value is -0.330. The van der Waals surface area contributed by atoms with Gasteiger partial charge < -0.3 is 20.1 Å². The van der Waals surface area contributed by atoms with Crippen molar-refractivity contribution in [1.82, 2.24) is 0 Å². The van der Waals surface area contributed by atoms with E-state index in [0.717, 1.165) is 0 Å². The van der Waals surface area contributed by atoms with Crippen molar-refractivity contribution in [1.29, 1.82) is 0 Å². The summed E-state index contributed by atoms with van der Waals surface area (Å²) in [6.45, 7) is 0. The van der Waals surface area contributed by atoms with Gasteiger partial charge in [-0.05, 0) is 21.7 Å². The molecule has 1 rings (SSSR count). The highest BCUT2D eigenvalue weighted by atomic mass is 32.1. The number of thiophene rings is 1. The van der Waals surface area contributed by atoms with Crippen molar-refractivity contribution >= 4 is 36.5 Å². The molecule has 0 atom stereocenters. The predicted molar refractivity (Wildman–Crippen MR) is 44.0 cm³/mol. The average molecular weight is 172 g/mol. The van der Waals surface area contributed by atoms with Gasteiger partial charge in [-0.25, -0.2) is 0 Å². The van der Waals surface area contributed by atoms with Gasteiger partial charge >= 0.3 is 14.2 Å². The van der Waals surface area contributed by atoms with Gasteiger partial charge in [-0.3, -0.25) is 0 Å². The molecule has 4 N–H and O–H groups in total. The Morgan fingerprint density at radius 2 is 1.27 bits per heavy atom. The average Bonchev–Trinajstić information content (AvgIpc) is 2.32. The second-order valence-corrected chi connectivity index (χ2v) is 2.77. The fraction of sp³-hybridized carbons (Fsp3) is 0. The van der Waals surface area contributed by atoms with E-state index >= 15 is 0 Å². The Labute approximate surface area is 68.0 Å². The van der Waals surface area contributed by atoms with Crippen LogP contribution in [0.25, 0.3) is 0 Å². The van der Waals surface area contributed by atoms with Gasteiger partial charge in [0.05, 0.1) is 0 Å². The van der Waals surface area contributed by atoms with Crippen LogP contribution in [-0.4, -0.2) is 34.3 Å². The van der Waals surface area contributed by atoms with Crippen LogP contribution in [0.5, 0.6) is 0 Å². The van der Waals surface area contributed by atoms with Crippen molar-refractivity contribution in [3.63, 3.8) is 0 Å². The molecule has 1 aromatic heterocycles. The van der Waals surface area contributed by atoms with Crippen LogP contribution >= 0.6 is 11.3 Å². The molecule has 0 radical (unpaired) electrons. The van der Waals surface area contributed by atoms with Crippen LogP contribution in [0.15, 0.2) is 10.8 Å². The van der Waals surface area contributed by atoms with Gasteiger partial charge in [0.2, 0.25) is 0 Å². The second kappa shape index (κ2) is 3.38. The van der Waals surface area contributed by atoms with Crippen molar-refractivity contribution in [2.45, 2.75) is 0 Å². The summed E-state index contributed by atoms with van der Waals surface area (Å²) in [7, 11) is -3.28. The van der Waals surface area contributed by atoms with Crippen molar-refractivity contribution in [2.24, 2.45) is 0 Å². The van der Waals surface area contributed by atoms with Crippen LogP contribution in [0.4, 0.5) is 0 Å². The lowest BCUT2D eigenvalue weighted by Crippen LogP contribution is -2.47. The third-order valence-corrected chi connectivity index (χ3v) is 2.06. The van der Waals surface area contributed by atoms with E-state index in [2.05, 4.69) is 0 Å². The first-order valence-corrected chi connectivity index (χ1v) is 3.85. The molecule has 0 spiro atoms. The van der Waals surface area contributed by atoms with Gasteiger partial charge in [0, 0.05) is 0 Å². The molecule has 0 aromatic carbocycles. The first-order valence-electron chi connectivity index (χ1n) is 2.91. The molecule has 1 aromatic rings. The third-order valence-electron chi connectivity index (χ3n) is 1.28. The minimum absolute atomic E-state index is 0.144. The third kappa shape index (κ3) is 1.82. The van der Waals surface area contributed by atoms with Crippen molar-refractivity contribution in [3.8, 4) is 0 Å². The first kappa shape index (κ1) is 8.76. The number of hydrogen-bond donors (Lipinski definition) is 4. The zero-order valence-corrected chi connectivity index (χ0v) is 6.32. The molecular weight excluding hydrogens is 166 g/mol. The highest BCUT2D eigenvalue weighted by Crippen LogP contribution is 1.92. The van der Waals surface area contributed by atoms with Crippen LogP contribution in [-0.2, 0) is 0 Å². The maximum absolute atomic E-state index is 8.68. The minimum atomic E-state index is -1.64. The quantitative estimate of drug-likeness (QED) is 0.361. The van der Waals surface area contributed by atoms with E-state index < -0.39 is 14.2 Å². The smallest absolute Gasteiger partial charge is 0.423 e. The van der Waals surface area contributed by atoms with Gasteiger partial charge in [-0.2, -0.15) is 11.3 Å². The van der Waals surface area contributed by atoms with E-state index in [1.165, 1.54) is 22.1 Å². The monoisotopic (exact) mass is 172 g/mol. The Morgan fingerprint density at radius 3 is 1.55 bits per heavy atom. The molecule has 0 saturated heterocycles. The predicted octanol–water partition coefficient (Wildman–Crippen LogP) is -2.89. The fourth-order valence-corrected chi connectivity index (χ4v) is 1.61. The molecule has 7 heteroatoms. The van der Waals surface area contributed by atoms with E-state index in [0.29, 0.717) is 0 Å². The van der Waals surface area contributed by atoms with E-state index in [1.54, 1.807) is 0 Å². The summed E-state index contributed by atoms with van der Waals surface area (Å²) in [6, 6.07) is 0. The summed E-state index contributed by atoms with van der Waals surface area (Å²) in [5.74, 6) is 0. The summed E-state index contributed by atoms with van der Waals surface area (Å²) in [5.41, 5.74) is 0.287. The summed E-state index contributed by atoms with van der Waals surface area (Å²) >= 11 is 1.18. The molecule has 1 heterocycles. The number of hydrogen-bond acceptors (Lipinski definition) is 5. The largest absolute Gasteiger partial charge is 0.488 e. The fourth-order valence-electron chi connectivity index (χ4n) is 0.737. The van der Waals surface area contributed by atoms with Crippen LogP contribution in [0.3, 0.4) is 0 Å². The minimum Gasteiger partial charge on any atom is -0.423 e. The van der Waals surface area contributed by atoms with Crippen LogP contribution < -0.4 is 10.9 Å². The van der Waals surface area contributed by atoms with Crippen LogP contribution in [0.1, 0.15) is 0 Å². The summed E-state index contributed by atoms with van der Waals surface area (Å²) in [6.07, 6.45) is 0. The topological polar surface area (TPSA) is 80.9 Å². The Bertz CT molecular complexity index is 213. The molecule has 0 saturated carbocycles. The van der Waals surface area contributed by atoms with Gasteiger partial charge in [0.25, 0.3) is 0 Å². The zero-order valence-electron chi connectivity index (χ0n) is 5.51. The molecule has 0 amide bonds. The normalized spacial score (nSPS) is 9.82. The van der Waals surface area contributed by atoms with Gasteiger partial charge in [0.15, 0.2) is 0 Å². The highest BCUT2D eigenvalue weighted by molar-refractivity contribution is 7.11. The van der Waals surface area contributed by atoms with E-state index in [-0.39, 0.29) is 10.9 Å². The molecule has 4 nitrogen and oxygen atoms in total. The first-order chi connectivity index (χ1) is 5.13. The maximum Gasteiger partial charge on any atom is 0.488 e. The van der Waals surface area contributed by atoms with Crippen molar-refractivity contribution in [3.05, 3.63) is 10.8 Å². The van der Waals surface area contributed by atoms with E-state index in [4.69, 9.17) is 20.1 Å². The Kier molecular flexibility index (Phi) is 2.69. The van der Waals surface area contributed by atoms with Gasteiger partial charge in [0.1, 0.15) is 0 Å². The molecular formula is C4H6B2O4S. The Balaban J connectivity index is 2.96. The molecule has 0 aliphatic rings. The van der Waals surface area contributed by atoms with Crippen molar-refractivity contribution < 1.29 is 20.1 Å². The molecule has 11 heavy (non-hydrogen) atoms. The molecule has 0 fully saturated rings. The lowest BCUT2D eigenvalue weighted by Gasteiger charge is -1.99. The van der Waals surface area contributed by atoms with Crippen LogP contribution in [0.2, 0.25) is 0 Å². The van der Waals surface area contributed by atoms with E-state index in [1.807, 2.05) is 0 Å². The summed E-state index contributed by atoms with van der Waals surface area (Å²) in [4.78, 5) is 0. The number of rotatable bonds is 2. The van der Waals surface area contributed by atoms with Crippen LogP contribution in [0, 0.1) is 0 Å². The molecule has 0 bridgehead atoms. The molecule has 58 valence electrons. The summed E-state index contributed by atoms with van der Waals surface area (Å²) < 4.78 is 0. The standard InChI is InChI=1S/C4H6B2O4S/c7-5(8)3-1-11-2-4(3)6(9)10/h1-2,7-10H. The zero-order chi connectivity index (χ0) is 8.43. The molecule has 0 aliphatic heterocycles. The van der Waals surface area contributed by atoms with Gasteiger partial charge in [-0.1, -0.05) is 0 Å². The lowest BCUT2D eigenvalue weighted by atomic mass is 9.68. The second-order valence-electron chi connectivity index (χ2n) is 2.03. The highest BCUT2D eigenvalue weighted by Gasteiger charge is 2.23. The Morgan fingerprint density at radius 1 is 0.909 bits per heavy atom. The maximum atomic E-state index is 8.68. The molecule has 0 unspecified atom stereocenters. The lowest BCUT2D eigenvalue weighted by molar-refractivity contribution is 0.419. The van der Waals surface area contributed by atoms with Crippen molar-refractivity contribution in [2.75, 3.05) is 0 Å². The van der Waals surface area contributed by atoms with E-state index in [9.17, 15) is 0 Å². The van der Waals surface area contributed by atoms with Gasteiger partial charge in [-0.15, -0.1) is 0 Å².